The molecule has 0 aliphatic carbocycles. The summed E-state index contributed by atoms with van der Waals surface area (Å²) in [7, 11) is 0. The summed E-state index contributed by atoms with van der Waals surface area (Å²) in [5.74, 6) is 1.07. The second kappa shape index (κ2) is 5.08. The van der Waals surface area contributed by atoms with Gasteiger partial charge in [-0.15, -0.1) is 0 Å². The number of nitrogens with two attached hydrogens (primary N) is 1. The largest absolute Gasteiger partial charge is 0.394 e. The van der Waals surface area contributed by atoms with E-state index in [1.165, 1.54) is 0 Å². The number of aryl methyl sites for hydroxylation is 2. The normalized spacial score (nSPS) is 14.9. The van der Waals surface area contributed by atoms with Crippen molar-refractivity contribution in [3.63, 3.8) is 0 Å². The van der Waals surface area contributed by atoms with Crippen LogP contribution in [-0.4, -0.2) is 26.8 Å². The number of para-hydroxylation sites is 2. The van der Waals surface area contributed by atoms with E-state index in [-0.39, 0.29) is 6.61 Å². The van der Waals surface area contributed by atoms with Gasteiger partial charge in [0.15, 0.2) is 0 Å². The first-order chi connectivity index (χ1) is 8.57. The summed E-state index contributed by atoms with van der Waals surface area (Å²) in [5.41, 5.74) is 7.62. The van der Waals surface area contributed by atoms with Crippen molar-refractivity contribution in [1.82, 2.24) is 9.55 Å². The van der Waals surface area contributed by atoms with Gasteiger partial charge in [-0.3, -0.25) is 0 Å². The Labute approximate surface area is 107 Å². The molecule has 1 aromatic heterocycles. The molecular formula is C14H21N3O. The van der Waals surface area contributed by atoms with E-state index in [2.05, 4.69) is 22.5 Å². The van der Waals surface area contributed by atoms with Crippen LogP contribution in [0.3, 0.4) is 0 Å². The number of hydrogen-bond donors (Lipinski definition) is 2. The Morgan fingerprint density at radius 3 is 2.78 bits per heavy atom. The van der Waals surface area contributed by atoms with Crippen molar-refractivity contribution in [3.05, 3.63) is 30.1 Å². The number of fused-ring (bicyclic) bond motifs is 1. The van der Waals surface area contributed by atoms with Gasteiger partial charge >= 0.3 is 0 Å². The molecule has 1 atom stereocenters. The van der Waals surface area contributed by atoms with Gasteiger partial charge < -0.3 is 15.4 Å². The zero-order valence-electron chi connectivity index (χ0n) is 11.1. The molecule has 0 aliphatic heterocycles. The van der Waals surface area contributed by atoms with E-state index in [1.807, 2.05) is 25.1 Å². The second-order valence-corrected chi connectivity index (χ2v) is 5.08. The quantitative estimate of drug-likeness (QED) is 0.845. The number of imidazole rings is 1. The number of aliphatic hydroxyl groups excluding tert-OH is 1. The van der Waals surface area contributed by atoms with E-state index >= 15 is 0 Å². The number of rotatable bonds is 5. The van der Waals surface area contributed by atoms with Crippen molar-refractivity contribution in [2.75, 3.05) is 6.61 Å². The molecule has 0 saturated carbocycles. The highest BCUT2D eigenvalue weighted by Crippen LogP contribution is 2.18. The van der Waals surface area contributed by atoms with E-state index in [4.69, 9.17) is 5.73 Å². The molecule has 1 aromatic carbocycles. The molecule has 0 spiro atoms. The lowest BCUT2D eigenvalue weighted by atomic mass is 10.0. The molecule has 4 heteroatoms. The first kappa shape index (κ1) is 13.1. The van der Waals surface area contributed by atoms with E-state index in [1.54, 1.807) is 0 Å². The molecule has 0 radical (unpaired) electrons. The molecule has 1 heterocycles. The fourth-order valence-corrected chi connectivity index (χ4v) is 2.09. The fourth-order valence-electron chi connectivity index (χ4n) is 2.09. The third-order valence-electron chi connectivity index (χ3n) is 3.32. The van der Waals surface area contributed by atoms with Crippen LogP contribution in [0.15, 0.2) is 24.3 Å². The summed E-state index contributed by atoms with van der Waals surface area (Å²) in [6, 6.07) is 8.13. The van der Waals surface area contributed by atoms with Crippen molar-refractivity contribution in [2.24, 2.45) is 5.73 Å². The predicted octanol–water partition coefficient (Wildman–Crippen LogP) is 1.70. The molecule has 0 fully saturated rings. The third-order valence-corrected chi connectivity index (χ3v) is 3.32. The second-order valence-electron chi connectivity index (χ2n) is 5.08. The average molecular weight is 247 g/mol. The van der Waals surface area contributed by atoms with Crippen molar-refractivity contribution < 1.29 is 5.11 Å². The molecule has 18 heavy (non-hydrogen) atoms. The minimum absolute atomic E-state index is 0.00108. The zero-order valence-corrected chi connectivity index (χ0v) is 11.1. The van der Waals surface area contributed by atoms with Gasteiger partial charge in [-0.05, 0) is 25.5 Å². The smallest absolute Gasteiger partial charge is 0.109 e. The Balaban J connectivity index is 2.31. The fraction of sp³-hybridized carbons (Fsp3) is 0.500. The van der Waals surface area contributed by atoms with Crippen LogP contribution >= 0.6 is 0 Å². The van der Waals surface area contributed by atoms with Crippen LogP contribution in [0, 0.1) is 0 Å². The minimum Gasteiger partial charge on any atom is -0.394 e. The van der Waals surface area contributed by atoms with Gasteiger partial charge in [0.1, 0.15) is 5.82 Å². The number of aromatic nitrogens is 2. The Morgan fingerprint density at radius 1 is 1.39 bits per heavy atom. The van der Waals surface area contributed by atoms with Gasteiger partial charge in [-0.2, -0.15) is 0 Å². The number of hydrogen-bond acceptors (Lipinski definition) is 3. The zero-order chi connectivity index (χ0) is 13.2. The van der Waals surface area contributed by atoms with Crippen LogP contribution < -0.4 is 5.73 Å². The topological polar surface area (TPSA) is 64.1 Å². The van der Waals surface area contributed by atoms with E-state index in [0.717, 1.165) is 36.2 Å². The van der Waals surface area contributed by atoms with Gasteiger partial charge in [0.2, 0.25) is 0 Å². The van der Waals surface area contributed by atoms with E-state index in [9.17, 15) is 5.11 Å². The van der Waals surface area contributed by atoms with Crippen molar-refractivity contribution >= 4 is 11.0 Å². The Bertz CT molecular complexity index is 531. The molecule has 3 N–H and O–H groups in total. The molecule has 2 aromatic rings. The van der Waals surface area contributed by atoms with Gasteiger partial charge in [0.05, 0.1) is 17.6 Å². The predicted molar refractivity (Wildman–Crippen MR) is 73.4 cm³/mol. The highest BCUT2D eigenvalue weighted by Gasteiger charge is 2.18. The van der Waals surface area contributed by atoms with Gasteiger partial charge in [0.25, 0.3) is 0 Å². The SMILES string of the molecule is CCc1nc2ccccc2n1CCC(C)(N)CO. The van der Waals surface area contributed by atoms with Crippen molar-refractivity contribution in [3.8, 4) is 0 Å². The molecule has 1 unspecified atom stereocenters. The molecule has 0 amide bonds. The number of nitrogens with zero attached hydrogens (tertiary/aromatic N) is 2. The summed E-state index contributed by atoms with van der Waals surface area (Å²) >= 11 is 0. The van der Waals surface area contributed by atoms with Crippen LogP contribution in [0.2, 0.25) is 0 Å². The summed E-state index contributed by atoms with van der Waals surface area (Å²) in [5, 5.41) is 9.21. The third kappa shape index (κ3) is 2.54. The first-order valence-electron chi connectivity index (χ1n) is 6.41. The highest BCUT2D eigenvalue weighted by molar-refractivity contribution is 5.75. The molecule has 0 bridgehead atoms. The molecular weight excluding hydrogens is 226 g/mol. The maximum atomic E-state index is 9.21. The maximum Gasteiger partial charge on any atom is 0.109 e. The summed E-state index contributed by atoms with van der Waals surface area (Å²) in [6.07, 6.45) is 1.63. The van der Waals surface area contributed by atoms with Gasteiger partial charge in [0, 0.05) is 18.5 Å². The Kier molecular flexibility index (Phi) is 3.68. The minimum atomic E-state index is -0.531. The van der Waals surface area contributed by atoms with E-state index < -0.39 is 5.54 Å². The standard InChI is InChI=1S/C14H21N3O/c1-3-13-16-11-6-4-5-7-12(11)17(13)9-8-14(2,15)10-18/h4-7,18H,3,8-10,15H2,1-2H3. The van der Waals surface area contributed by atoms with Crippen LogP contribution in [0.4, 0.5) is 0 Å². The van der Waals surface area contributed by atoms with Gasteiger partial charge in [-0.1, -0.05) is 19.1 Å². The van der Waals surface area contributed by atoms with E-state index in [0.29, 0.717) is 0 Å². The molecule has 0 saturated heterocycles. The number of benzene rings is 1. The molecule has 4 nitrogen and oxygen atoms in total. The lowest BCUT2D eigenvalue weighted by Crippen LogP contribution is -2.41. The maximum absolute atomic E-state index is 9.21. The Morgan fingerprint density at radius 2 is 2.11 bits per heavy atom. The molecule has 0 aliphatic rings. The molecule has 2 rings (SSSR count). The first-order valence-corrected chi connectivity index (χ1v) is 6.41. The summed E-state index contributed by atoms with van der Waals surface area (Å²) in [6.45, 7) is 4.77. The average Bonchev–Trinajstić information content (AvgIpc) is 2.74. The lowest BCUT2D eigenvalue weighted by Gasteiger charge is -2.22. The lowest BCUT2D eigenvalue weighted by molar-refractivity contribution is 0.195. The molecule has 98 valence electrons. The van der Waals surface area contributed by atoms with Gasteiger partial charge in [-0.25, -0.2) is 4.98 Å². The number of aliphatic hydroxyl groups is 1. The van der Waals surface area contributed by atoms with Crippen LogP contribution in [0.25, 0.3) is 11.0 Å². The highest BCUT2D eigenvalue weighted by atomic mass is 16.3. The van der Waals surface area contributed by atoms with Crippen LogP contribution in [0.5, 0.6) is 0 Å². The summed E-state index contributed by atoms with van der Waals surface area (Å²) < 4.78 is 2.20. The Hall–Kier alpha value is -1.39. The van der Waals surface area contributed by atoms with Crippen molar-refractivity contribution in [2.45, 2.75) is 38.8 Å². The summed E-state index contributed by atoms with van der Waals surface area (Å²) in [4.78, 5) is 4.62. The van der Waals surface area contributed by atoms with Crippen LogP contribution in [0.1, 0.15) is 26.1 Å². The monoisotopic (exact) mass is 247 g/mol. The van der Waals surface area contributed by atoms with Crippen molar-refractivity contribution in [1.29, 1.82) is 0 Å². The van der Waals surface area contributed by atoms with Crippen LogP contribution in [-0.2, 0) is 13.0 Å².